The number of rotatable bonds is 5. The van der Waals surface area contributed by atoms with E-state index in [4.69, 9.17) is 0 Å². The zero-order valence-corrected chi connectivity index (χ0v) is 14.5. The fourth-order valence-corrected chi connectivity index (χ4v) is 3.08. The van der Waals surface area contributed by atoms with Crippen molar-refractivity contribution >= 4 is 28.3 Å². The second-order valence-corrected chi connectivity index (χ2v) is 6.77. The summed E-state index contributed by atoms with van der Waals surface area (Å²) >= 11 is 1.33. The Labute approximate surface area is 143 Å². The molecule has 3 rings (SSSR count). The van der Waals surface area contributed by atoms with Gasteiger partial charge in [0.05, 0.1) is 18.8 Å². The van der Waals surface area contributed by atoms with Crippen LogP contribution in [0.4, 0.5) is 5.13 Å². The van der Waals surface area contributed by atoms with Gasteiger partial charge in [0.25, 0.3) is 5.91 Å². The maximum Gasteiger partial charge on any atom is 0.272 e. The molecule has 8 nitrogen and oxygen atoms in total. The molecule has 0 fully saturated rings. The number of nitrogens with zero attached hydrogens (tertiary/aromatic N) is 4. The minimum atomic E-state index is -0.345. The third kappa shape index (κ3) is 3.80. The third-order valence-corrected chi connectivity index (χ3v) is 4.57. The van der Waals surface area contributed by atoms with Crippen LogP contribution in [0.5, 0.6) is 0 Å². The van der Waals surface area contributed by atoms with Gasteiger partial charge in [-0.05, 0) is 19.9 Å². The number of hydrogen-bond donors (Lipinski definition) is 2. The number of aromatic nitrogens is 3. The lowest BCUT2D eigenvalue weighted by molar-refractivity contribution is -0.115. The molecule has 24 heavy (non-hydrogen) atoms. The molecule has 128 valence electrons. The minimum absolute atomic E-state index is 0.112. The number of carbonyl (C=O) groups is 2. The van der Waals surface area contributed by atoms with E-state index in [1.807, 2.05) is 4.68 Å². The Hall–Kier alpha value is -2.26. The molecular formula is C15H20N6O2S. The molecule has 3 heterocycles. The Bertz CT molecular complexity index is 724. The van der Waals surface area contributed by atoms with Gasteiger partial charge in [0, 0.05) is 30.7 Å². The van der Waals surface area contributed by atoms with Crippen molar-refractivity contribution in [1.82, 2.24) is 25.0 Å². The Morgan fingerprint density at radius 3 is 2.92 bits per heavy atom. The predicted molar refractivity (Wildman–Crippen MR) is 90.8 cm³/mol. The first-order chi connectivity index (χ1) is 11.5. The molecule has 0 aromatic carbocycles. The summed E-state index contributed by atoms with van der Waals surface area (Å²) in [4.78, 5) is 30.3. The standard InChI is InChI=1S/C15H20N6O2S/c1-10(2)20-4-5-21-11(9-20)7-12(19-21)14(23)17-8-13(22)18-15-16-3-6-24-15/h3,6-7,10H,4-5,8-9H2,1-2H3,(H,17,23)(H,16,18,22). The first-order valence-corrected chi connectivity index (χ1v) is 8.69. The van der Waals surface area contributed by atoms with Gasteiger partial charge in [-0.3, -0.25) is 19.2 Å². The summed E-state index contributed by atoms with van der Waals surface area (Å²) in [5.74, 6) is -0.657. The molecular weight excluding hydrogens is 328 g/mol. The molecule has 2 aromatic rings. The number of carbonyl (C=O) groups excluding carboxylic acids is 2. The summed E-state index contributed by atoms with van der Waals surface area (Å²) in [6.45, 7) is 6.66. The highest BCUT2D eigenvalue weighted by Gasteiger charge is 2.22. The molecule has 9 heteroatoms. The highest BCUT2D eigenvalue weighted by Crippen LogP contribution is 2.15. The van der Waals surface area contributed by atoms with Gasteiger partial charge >= 0.3 is 0 Å². The van der Waals surface area contributed by atoms with Crippen molar-refractivity contribution in [1.29, 1.82) is 0 Å². The average molecular weight is 348 g/mol. The molecule has 0 bridgehead atoms. The van der Waals surface area contributed by atoms with Gasteiger partial charge in [0.1, 0.15) is 0 Å². The van der Waals surface area contributed by atoms with Crippen LogP contribution in [0.25, 0.3) is 0 Å². The van der Waals surface area contributed by atoms with E-state index < -0.39 is 0 Å². The maximum atomic E-state index is 12.2. The van der Waals surface area contributed by atoms with Crippen LogP contribution < -0.4 is 10.6 Å². The summed E-state index contributed by atoms with van der Waals surface area (Å²) in [5, 5.41) is 11.8. The summed E-state index contributed by atoms with van der Waals surface area (Å²) in [6, 6.07) is 2.25. The van der Waals surface area contributed by atoms with E-state index in [1.54, 1.807) is 17.6 Å². The maximum absolute atomic E-state index is 12.2. The van der Waals surface area contributed by atoms with Crippen LogP contribution in [0.2, 0.25) is 0 Å². The Morgan fingerprint density at radius 2 is 2.21 bits per heavy atom. The first-order valence-electron chi connectivity index (χ1n) is 7.81. The Morgan fingerprint density at radius 1 is 1.38 bits per heavy atom. The van der Waals surface area contributed by atoms with Crippen molar-refractivity contribution in [3.05, 3.63) is 29.0 Å². The van der Waals surface area contributed by atoms with Gasteiger partial charge in [0.2, 0.25) is 5.91 Å². The number of nitrogens with one attached hydrogen (secondary N) is 2. The molecule has 0 aliphatic carbocycles. The number of fused-ring (bicyclic) bond motifs is 1. The molecule has 2 amide bonds. The van der Waals surface area contributed by atoms with Crippen molar-refractivity contribution in [2.45, 2.75) is 33.0 Å². The number of anilines is 1. The van der Waals surface area contributed by atoms with Crippen LogP contribution in [0, 0.1) is 0 Å². The van der Waals surface area contributed by atoms with Gasteiger partial charge in [-0.1, -0.05) is 0 Å². The minimum Gasteiger partial charge on any atom is -0.342 e. The summed E-state index contributed by atoms with van der Waals surface area (Å²) < 4.78 is 1.86. The number of hydrogen-bond acceptors (Lipinski definition) is 6. The molecule has 0 radical (unpaired) electrons. The second kappa shape index (κ2) is 7.10. The highest BCUT2D eigenvalue weighted by atomic mass is 32.1. The third-order valence-electron chi connectivity index (χ3n) is 3.88. The lowest BCUT2D eigenvalue weighted by Crippen LogP contribution is -2.38. The molecule has 0 spiro atoms. The van der Waals surface area contributed by atoms with Crippen LogP contribution in [-0.2, 0) is 17.9 Å². The molecule has 2 N–H and O–H groups in total. The van der Waals surface area contributed by atoms with Crippen molar-refractivity contribution in [2.75, 3.05) is 18.4 Å². The molecule has 1 aliphatic rings. The van der Waals surface area contributed by atoms with E-state index in [0.29, 0.717) is 16.9 Å². The fraction of sp³-hybridized carbons (Fsp3) is 0.467. The van der Waals surface area contributed by atoms with Gasteiger partial charge in [0.15, 0.2) is 10.8 Å². The zero-order chi connectivity index (χ0) is 17.1. The highest BCUT2D eigenvalue weighted by molar-refractivity contribution is 7.13. The molecule has 1 aliphatic heterocycles. The van der Waals surface area contributed by atoms with E-state index in [1.165, 1.54) is 11.3 Å². The second-order valence-electron chi connectivity index (χ2n) is 5.88. The van der Waals surface area contributed by atoms with E-state index >= 15 is 0 Å². The molecule has 0 saturated carbocycles. The SMILES string of the molecule is CC(C)N1CCn2nc(C(=O)NCC(=O)Nc3nccs3)cc2C1. The Balaban J connectivity index is 1.55. The van der Waals surface area contributed by atoms with E-state index in [-0.39, 0.29) is 18.4 Å². The zero-order valence-electron chi connectivity index (χ0n) is 13.7. The smallest absolute Gasteiger partial charge is 0.272 e. The van der Waals surface area contributed by atoms with Gasteiger partial charge in [-0.2, -0.15) is 5.10 Å². The van der Waals surface area contributed by atoms with E-state index in [9.17, 15) is 9.59 Å². The lowest BCUT2D eigenvalue weighted by atomic mass is 10.2. The number of thiazole rings is 1. The van der Waals surface area contributed by atoms with Crippen LogP contribution in [-0.4, -0.2) is 50.6 Å². The Kier molecular flexibility index (Phi) is 4.91. The topological polar surface area (TPSA) is 92.2 Å². The van der Waals surface area contributed by atoms with Gasteiger partial charge < -0.3 is 10.6 Å². The monoisotopic (exact) mass is 348 g/mol. The summed E-state index contributed by atoms with van der Waals surface area (Å²) in [7, 11) is 0. The summed E-state index contributed by atoms with van der Waals surface area (Å²) in [5.41, 5.74) is 1.37. The first kappa shape index (κ1) is 16.6. The molecule has 0 unspecified atom stereocenters. The largest absolute Gasteiger partial charge is 0.342 e. The predicted octanol–water partition coefficient (Wildman–Crippen LogP) is 0.932. The van der Waals surface area contributed by atoms with Crippen LogP contribution in [0.15, 0.2) is 17.6 Å². The normalized spacial score (nSPS) is 14.5. The quantitative estimate of drug-likeness (QED) is 0.839. The molecule has 0 atom stereocenters. The van der Waals surface area contributed by atoms with E-state index in [0.717, 1.165) is 25.3 Å². The van der Waals surface area contributed by atoms with Gasteiger partial charge in [-0.25, -0.2) is 4.98 Å². The van der Waals surface area contributed by atoms with Crippen molar-refractivity contribution in [3.63, 3.8) is 0 Å². The molecule has 0 saturated heterocycles. The number of amides is 2. The van der Waals surface area contributed by atoms with E-state index in [2.05, 4.69) is 39.5 Å². The fourth-order valence-electron chi connectivity index (χ4n) is 2.54. The van der Waals surface area contributed by atoms with Gasteiger partial charge in [-0.15, -0.1) is 11.3 Å². The van der Waals surface area contributed by atoms with Crippen molar-refractivity contribution < 1.29 is 9.59 Å². The average Bonchev–Trinajstić information content (AvgIpc) is 3.20. The van der Waals surface area contributed by atoms with Crippen molar-refractivity contribution in [3.8, 4) is 0 Å². The molecule has 2 aromatic heterocycles. The lowest BCUT2D eigenvalue weighted by Gasteiger charge is -2.30. The summed E-state index contributed by atoms with van der Waals surface area (Å²) in [6.07, 6.45) is 1.61. The van der Waals surface area contributed by atoms with Crippen LogP contribution in [0.3, 0.4) is 0 Å². The van der Waals surface area contributed by atoms with Crippen molar-refractivity contribution in [2.24, 2.45) is 0 Å². The van der Waals surface area contributed by atoms with Crippen LogP contribution >= 0.6 is 11.3 Å². The van der Waals surface area contributed by atoms with Crippen LogP contribution in [0.1, 0.15) is 30.0 Å².